The van der Waals surface area contributed by atoms with Gasteiger partial charge in [-0.05, 0) is 6.92 Å². The molecule has 8 heteroatoms. The molecular weight excluding hydrogens is 224 g/mol. The number of rotatable bonds is 3. The Bertz CT molecular complexity index is 190. The van der Waals surface area contributed by atoms with Crippen LogP contribution in [0.5, 0.6) is 0 Å². The molecule has 1 atom stereocenters. The fraction of sp³-hybridized carbons (Fsp3) is 1.00. The fourth-order valence-corrected chi connectivity index (χ4v) is 0.689. The lowest BCUT2D eigenvalue weighted by atomic mass is 10.1. The first kappa shape index (κ1) is 13.4. The van der Waals surface area contributed by atoms with Crippen LogP contribution in [0.1, 0.15) is 13.3 Å². The number of alkyl halides is 8. The predicted molar refractivity (Wildman–Crippen MR) is 31.1 cm³/mol. The van der Waals surface area contributed by atoms with E-state index in [0.717, 1.165) is 0 Å². The second-order valence-corrected chi connectivity index (χ2v) is 2.76. The molecule has 0 aliphatic rings. The summed E-state index contributed by atoms with van der Waals surface area (Å²) >= 11 is 0. The zero-order valence-electron chi connectivity index (χ0n) is 6.81. The molecule has 0 fully saturated rings. The Morgan fingerprint density at radius 3 is 1.50 bits per heavy atom. The van der Waals surface area contributed by atoms with Crippen LogP contribution in [-0.4, -0.2) is 24.2 Å². The van der Waals surface area contributed by atoms with Crippen molar-refractivity contribution in [1.29, 1.82) is 0 Å². The lowest BCUT2D eigenvalue weighted by Crippen LogP contribution is -2.52. The highest BCUT2D eigenvalue weighted by atomic mass is 19.4. The summed E-state index contributed by atoms with van der Waals surface area (Å²) in [5, 5.41) is 0. The molecule has 0 saturated carbocycles. The zero-order valence-corrected chi connectivity index (χ0v) is 6.81. The van der Waals surface area contributed by atoms with Crippen molar-refractivity contribution in [2.45, 2.75) is 37.5 Å². The van der Waals surface area contributed by atoms with Crippen LogP contribution >= 0.6 is 0 Å². The number of hydrogen-bond acceptors (Lipinski definition) is 0. The number of hydrogen-bond donors (Lipinski definition) is 0. The molecule has 0 N–H and O–H groups in total. The topological polar surface area (TPSA) is 0 Å². The second-order valence-electron chi connectivity index (χ2n) is 2.76. The lowest BCUT2D eigenvalue weighted by Gasteiger charge is -2.28. The van der Waals surface area contributed by atoms with Crippen molar-refractivity contribution in [1.82, 2.24) is 0 Å². The summed E-state index contributed by atoms with van der Waals surface area (Å²) in [4.78, 5) is 0. The van der Waals surface area contributed by atoms with Gasteiger partial charge < -0.3 is 0 Å². The molecule has 0 aliphatic carbocycles. The Kier molecular flexibility index (Phi) is 3.40. The molecule has 0 radical (unpaired) electrons. The van der Waals surface area contributed by atoms with Crippen LogP contribution in [0.3, 0.4) is 0 Å². The van der Waals surface area contributed by atoms with Gasteiger partial charge in [0.1, 0.15) is 6.17 Å². The van der Waals surface area contributed by atoms with E-state index in [2.05, 4.69) is 0 Å². The molecule has 0 nitrogen and oxygen atoms in total. The Hall–Kier alpha value is -0.560. The van der Waals surface area contributed by atoms with Crippen molar-refractivity contribution in [3.8, 4) is 0 Å². The van der Waals surface area contributed by atoms with E-state index < -0.39 is 30.6 Å². The van der Waals surface area contributed by atoms with E-state index in [1.807, 2.05) is 0 Å². The average molecular weight is 230 g/mol. The maximum absolute atomic E-state index is 12.2. The largest absolute Gasteiger partial charge is 0.459 e. The third kappa shape index (κ3) is 2.48. The molecule has 86 valence electrons. The van der Waals surface area contributed by atoms with Crippen molar-refractivity contribution >= 4 is 0 Å². The molecule has 1 unspecified atom stereocenters. The molecule has 0 heterocycles. The first-order chi connectivity index (χ1) is 5.92. The fourth-order valence-electron chi connectivity index (χ4n) is 0.689. The summed E-state index contributed by atoms with van der Waals surface area (Å²) in [6.07, 6.45) is -11.0. The highest BCUT2D eigenvalue weighted by molar-refractivity contribution is 4.91. The van der Waals surface area contributed by atoms with Crippen LogP contribution < -0.4 is 0 Å². The van der Waals surface area contributed by atoms with Crippen LogP contribution in [0.25, 0.3) is 0 Å². The van der Waals surface area contributed by atoms with Gasteiger partial charge in [-0.3, -0.25) is 0 Å². The third-order valence-electron chi connectivity index (χ3n) is 1.35. The molecule has 0 amide bonds. The smallest absolute Gasteiger partial charge is 0.248 e. The SMILES string of the molecule is CC(F)CC(F)(F)C(F)(F)C(F)(F)F. The third-order valence-corrected chi connectivity index (χ3v) is 1.35. The molecule has 0 aliphatic heterocycles. The Morgan fingerprint density at radius 2 is 1.29 bits per heavy atom. The monoisotopic (exact) mass is 230 g/mol. The average Bonchev–Trinajstić information content (AvgIpc) is 1.80. The van der Waals surface area contributed by atoms with E-state index in [1.165, 1.54) is 0 Å². The molecule has 0 bridgehead atoms. The Morgan fingerprint density at radius 1 is 0.929 bits per heavy atom. The summed E-state index contributed by atoms with van der Waals surface area (Å²) in [5.41, 5.74) is 0. The number of halogens is 8. The van der Waals surface area contributed by atoms with Gasteiger partial charge in [-0.25, -0.2) is 4.39 Å². The van der Waals surface area contributed by atoms with Gasteiger partial charge in [0.15, 0.2) is 0 Å². The highest BCUT2D eigenvalue weighted by Crippen LogP contribution is 2.48. The summed E-state index contributed by atoms with van der Waals surface area (Å²) in [6, 6.07) is 0. The van der Waals surface area contributed by atoms with E-state index >= 15 is 0 Å². The normalized spacial score (nSPS) is 16.9. The zero-order chi connectivity index (χ0) is 11.8. The van der Waals surface area contributed by atoms with Crippen molar-refractivity contribution < 1.29 is 35.1 Å². The van der Waals surface area contributed by atoms with Gasteiger partial charge in [0.05, 0.1) is 0 Å². The predicted octanol–water partition coefficient (Wildman–Crippen LogP) is 3.57. The summed E-state index contributed by atoms with van der Waals surface area (Å²) < 4.78 is 94.7. The molecule has 0 aromatic rings. The van der Waals surface area contributed by atoms with Gasteiger partial charge in [-0.1, -0.05) is 0 Å². The lowest BCUT2D eigenvalue weighted by molar-refractivity contribution is -0.357. The van der Waals surface area contributed by atoms with Gasteiger partial charge >= 0.3 is 18.0 Å². The minimum atomic E-state index is -6.38. The molecule has 0 spiro atoms. The Balaban J connectivity index is 4.88. The van der Waals surface area contributed by atoms with Crippen LogP contribution in [0.15, 0.2) is 0 Å². The van der Waals surface area contributed by atoms with E-state index in [0.29, 0.717) is 6.92 Å². The maximum atomic E-state index is 12.2. The van der Waals surface area contributed by atoms with Crippen molar-refractivity contribution in [3.63, 3.8) is 0 Å². The quantitative estimate of drug-likeness (QED) is 0.650. The molecular formula is C6H6F8. The second kappa shape index (κ2) is 3.54. The van der Waals surface area contributed by atoms with Crippen LogP contribution in [-0.2, 0) is 0 Å². The van der Waals surface area contributed by atoms with Crippen molar-refractivity contribution in [3.05, 3.63) is 0 Å². The minimum absolute atomic E-state index is 0.473. The highest BCUT2D eigenvalue weighted by Gasteiger charge is 2.72. The van der Waals surface area contributed by atoms with Crippen LogP contribution in [0.4, 0.5) is 35.1 Å². The molecule has 0 saturated heterocycles. The Labute approximate surface area is 73.9 Å². The minimum Gasteiger partial charge on any atom is -0.248 e. The van der Waals surface area contributed by atoms with E-state index in [4.69, 9.17) is 0 Å². The van der Waals surface area contributed by atoms with Crippen LogP contribution in [0, 0.1) is 0 Å². The first-order valence-electron chi connectivity index (χ1n) is 3.38. The summed E-state index contributed by atoms with van der Waals surface area (Å²) in [6.45, 7) is 0.473. The molecule has 0 aromatic carbocycles. The van der Waals surface area contributed by atoms with Crippen molar-refractivity contribution in [2.24, 2.45) is 0 Å². The standard InChI is InChI=1S/C6H6F8/c1-3(7)2-4(8,9)5(10,11)6(12,13)14/h3H,2H2,1H3. The van der Waals surface area contributed by atoms with Crippen molar-refractivity contribution in [2.75, 3.05) is 0 Å². The van der Waals surface area contributed by atoms with Crippen LogP contribution in [0.2, 0.25) is 0 Å². The first-order valence-corrected chi connectivity index (χ1v) is 3.38. The van der Waals surface area contributed by atoms with Gasteiger partial charge in [-0.15, -0.1) is 0 Å². The van der Waals surface area contributed by atoms with Gasteiger partial charge in [0.2, 0.25) is 0 Å². The van der Waals surface area contributed by atoms with E-state index in [9.17, 15) is 35.1 Å². The molecule has 14 heavy (non-hydrogen) atoms. The molecule has 0 aromatic heterocycles. The summed E-state index contributed by atoms with van der Waals surface area (Å²) in [5.74, 6) is -11.6. The molecule has 0 rings (SSSR count). The van der Waals surface area contributed by atoms with E-state index in [-0.39, 0.29) is 0 Å². The van der Waals surface area contributed by atoms with Gasteiger partial charge in [-0.2, -0.15) is 30.7 Å². The van der Waals surface area contributed by atoms with Gasteiger partial charge in [0, 0.05) is 6.42 Å². The van der Waals surface area contributed by atoms with Gasteiger partial charge in [0.25, 0.3) is 0 Å². The summed E-state index contributed by atoms with van der Waals surface area (Å²) in [7, 11) is 0. The van der Waals surface area contributed by atoms with E-state index in [1.54, 1.807) is 0 Å². The maximum Gasteiger partial charge on any atom is 0.459 e.